The Morgan fingerprint density at radius 1 is 1.08 bits per heavy atom. The maximum absolute atomic E-state index is 11.4. The molecule has 4 N–H and O–H groups in total. The van der Waals surface area contributed by atoms with E-state index >= 15 is 0 Å². The highest BCUT2D eigenvalue weighted by atomic mass is 35.5. The zero-order valence-electron chi connectivity index (χ0n) is 12.6. The molecule has 3 rings (SSSR count). The van der Waals surface area contributed by atoms with Crippen LogP contribution in [-0.4, -0.2) is 28.4 Å². The molecular formula is C15H12ClN5O2S2. The molecule has 0 fully saturated rings. The normalized spacial score (nSPS) is 11.4. The summed E-state index contributed by atoms with van der Waals surface area (Å²) in [6, 6.07) is 12.9. The Labute approximate surface area is 154 Å². The lowest BCUT2D eigenvalue weighted by Gasteiger charge is -2.09. The molecule has 0 atom stereocenters. The van der Waals surface area contributed by atoms with Crippen molar-refractivity contribution in [1.82, 2.24) is 15.0 Å². The third-order valence-electron chi connectivity index (χ3n) is 3.43. The van der Waals surface area contributed by atoms with Gasteiger partial charge in [-0.05, 0) is 36.4 Å². The number of rotatable bonds is 4. The van der Waals surface area contributed by atoms with Gasteiger partial charge in [0.15, 0.2) is 0 Å². The van der Waals surface area contributed by atoms with Crippen molar-refractivity contribution in [3.63, 3.8) is 0 Å². The lowest BCUT2D eigenvalue weighted by Crippen LogP contribution is -2.13. The molecule has 0 saturated carbocycles. The van der Waals surface area contributed by atoms with Crippen molar-refractivity contribution in [3.8, 4) is 16.9 Å². The van der Waals surface area contributed by atoms with Crippen molar-refractivity contribution >= 4 is 38.8 Å². The summed E-state index contributed by atoms with van der Waals surface area (Å²) in [4.78, 5) is 0.0938. The molecule has 0 spiro atoms. The molecule has 3 aromatic rings. The summed E-state index contributed by atoms with van der Waals surface area (Å²) < 4.78 is 24.3. The van der Waals surface area contributed by atoms with Crippen LogP contribution in [0.1, 0.15) is 5.69 Å². The van der Waals surface area contributed by atoms with E-state index in [4.69, 9.17) is 34.7 Å². The van der Waals surface area contributed by atoms with Crippen LogP contribution in [0.15, 0.2) is 53.4 Å². The van der Waals surface area contributed by atoms with E-state index in [-0.39, 0.29) is 9.88 Å². The van der Waals surface area contributed by atoms with Gasteiger partial charge in [-0.3, -0.25) is 0 Å². The number of primary sulfonamides is 1. The van der Waals surface area contributed by atoms with E-state index in [0.29, 0.717) is 22.1 Å². The molecule has 7 nitrogen and oxygen atoms in total. The zero-order valence-corrected chi connectivity index (χ0v) is 15.0. The van der Waals surface area contributed by atoms with Crippen molar-refractivity contribution in [2.45, 2.75) is 4.90 Å². The third-order valence-corrected chi connectivity index (χ3v) is 4.81. The van der Waals surface area contributed by atoms with Crippen LogP contribution in [0.2, 0.25) is 5.02 Å². The average molecular weight is 394 g/mol. The van der Waals surface area contributed by atoms with E-state index in [2.05, 4.69) is 10.3 Å². The highest BCUT2D eigenvalue weighted by Crippen LogP contribution is 2.27. The van der Waals surface area contributed by atoms with Gasteiger partial charge in [0.2, 0.25) is 10.0 Å². The molecule has 0 unspecified atom stereocenters. The van der Waals surface area contributed by atoms with Crippen molar-refractivity contribution in [2.75, 3.05) is 0 Å². The van der Waals surface area contributed by atoms with Gasteiger partial charge in [-0.1, -0.05) is 41.2 Å². The fourth-order valence-corrected chi connectivity index (χ4v) is 3.05. The number of halogens is 1. The van der Waals surface area contributed by atoms with E-state index in [1.54, 1.807) is 36.4 Å². The van der Waals surface area contributed by atoms with E-state index in [1.807, 2.05) is 0 Å². The number of benzene rings is 2. The summed E-state index contributed by atoms with van der Waals surface area (Å²) in [5.74, 6) is 0. The maximum atomic E-state index is 11.4. The lowest BCUT2D eigenvalue weighted by atomic mass is 10.1. The molecule has 0 aliphatic heterocycles. The SMILES string of the molecule is NC(=S)c1nnn(-c2ccc(S(N)(=O)=O)cc2)c1-c1ccc(Cl)cc1. The number of hydrogen-bond acceptors (Lipinski definition) is 5. The molecule has 1 heterocycles. The summed E-state index contributed by atoms with van der Waals surface area (Å²) in [5, 5.41) is 13.8. The molecule has 0 radical (unpaired) electrons. The molecule has 128 valence electrons. The highest BCUT2D eigenvalue weighted by Gasteiger charge is 2.18. The zero-order chi connectivity index (χ0) is 18.2. The van der Waals surface area contributed by atoms with Crippen LogP contribution in [0.4, 0.5) is 0 Å². The number of thiocarbonyl (C=S) groups is 1. The molecule has 25 heavy (non-hydrogen) atoms. The fraction of sp³-hybridized carbons (Fsp3) is 0. The monoisotopic (exact) mass is 393 g/mol. The molecule has 1 aromatic heterocycles. The number of aromatic nitrogens is 3. The first-order valence-electron chi connectivity index (χ1n) is 6.92. The van der Waals surface area contributed by atoms with Crippen LogP contribution in [-0.2, 0) is 10.0 Å². The first kappa shape index (κ1) is 17.5. The topological polar surface area (TPSA) is 117 Å². The van der Waals surface area contributed by atoms with E-state index in [9.17, 15) is 8.42 Å². The Hall–Kier alpha value is -2.33. The molecule has 10 heteroatoms. The van der Waals surface area contributed by atoms with Crippen molar-refractivity contribution in [1.29, 1.82) is 0 Å². The van der Waals surface area contributed by atoms with Gasteiger partial charge in [-0.2, -0.15) is 0 Å². The second kappa shape index (κ2) is 6.52. The van der Waals surface area contributed by atoms with E-state index in [0.717, 1.165) is 5.56 Å². The molecule has 2 aromatic carbocycles. The van der Waals surface area contributed by atoms with E-state index < -0.39 is 10.0 Å². The van der Waals surface area contributed by atoms with Crippen molar-refractivity contribution in [3.05, 3.63) is 59.2 Å². The minimum Gasteiger partial charge on any atom is -0.388 e. The Bertz CT molecular complexity index is 1040. The smallest absolute Gasteiger partial charge is 0.238 e. The Kier molecular flexibility index (Phi) is 4.56. The molecule has 0 aliphatic carbocycles. The first-order valence-corrected chi connectivity index (χ1v) is 9.25. The van der Waals surface area contributed by atoms with E-state index in [1.165, 1.54) is 16.8 Å². The van der Waals surface area contributed by atoms with Gasteiger partial charge in [0.1, 0.15) is 16.4 Å². The molecule has 0 aliphatic rings. The van der Waals surface area contributed by atoms with Crippen molar-refractivity contribution in [2.24, 2.45) is 10.9 Å². The lowest BCUT2D eigenvalue weighted by molar-refractivity contribution is 0.598. The van der Waals surface area contributed by atoms with Gasteiger partial charge in [-0.25, -0.2) is 18.2 Å². The highest BCUT2D eigenvalue weighted by molar-refractivity contribution is 7.89. The summed E-state index contributed by atoms with van der Waals surface area (Å²) in [5.41, 5.74) is 8.01. The second-order valence-electron chi connectivity index (χ2n) is 5.11. The predicted octanol–water partition coefficient (Wildman–Crippen LogP) is 1.87. The number of sulfonamides is 1. The summed E-state index contributed by atoms with van der Waals surface area (Å²) >= 11 is 11.0. The third kappa shape index (κ3) is 3.54. The Morgan fingerprint density at radius 3 is 2.20 bits per heavy atom. The molecule has 0 amide bonds. The standard InChI is InChI=1S/C15H12ClN5O2S2/c16-10-3-1-9(2-4-10)14-13(15(17)24)19-20-21(14)11-5-7-12(8-6-11)25(18,22)23/h1-8H,(H2,17,24)(H2,18,22,23). The van der Waals surface area contributed by atoms with Crippen LogP contribution in [0.5, 0.6) is 0 Å². The number of nitrogens with zero attached hydrogens (tertiary/aromatic N) is 3. The van der Waals surface area contributed by atoms with Gasteiger partial charge in [0.05, 0.1) is 10.6 Å². The van der Waals surface area contributed by atoms with Crippen LogP contribution in [0.3, 0.4) is 0 Å². The van der Waals surface area contributed by atoms with Crippen molar-refractivity contribution < 1.29 is 8.42 Å². The van der Waals surface area contributed by atoms with Gasteiger partial charge in [-0.15, -0.1) is 5.10 Å². The first-order chi connectivity index (χ1) is 11.8. The molecule has 0 bridgehead atoms. The predicted molar refractivity (Wildman–Crippen MR) is 99.1 cm³/mol. The Balaban J connectivity index is 2.17. The van der Waals surface area contributed by atoms with Gasteiger partial charge < -0.3 is 5.73 Å². The van der Waals surface area contributed by atoms with Crippen LogP contribution in [0, 0.1) is 0 Å². The van der Waals surface area contributed by atoms with Gasteiger partial charge in [0.25, 0.3) is 0 Å². The summed E-state index contributed by atoms with van der Waals surface area (Å²) in [6.45, 7) is 0. The average Bonchev–Trinajstić information content (AvgIpc) is 3.00. The molecule has 0 saturated heterocycles. The Morgan fingerprint density at radius 2 is 1.68 bits per heavy atom. The quantitative estimate of drug-likeness (QED) is 0.653. The molecular weight excluding hydrogens is 382 g/mol. The number of hydrogen-bond donors (Lipinski definition) is 2. The van der Waals surface area contributed by atoms with Crippen LogP contribution in [0.25, 0.3) is 16.9 Å². The number of nitrogens with two attached hydrogens (primary N) is 2. The maximum Gasteiger partial charge on any atom is 0.238 e. The van der Waals surface area contributed by atoms with Gasteiger partial charge >= 0.3 is 0 Å². The minimum absolute atomic E-state index is 0.000947. The van der Waals surface area contributed by atoms with Crippen LogP contribution >= 0.6 is 23.8 Å². The van der Waals surface area contributed by atoms with Crippen LogP contribution < -0.4 is 10.9 Å². The summed E-state index contributed by atoms with van der Waals surface area (Å²) in [7, 11) is -3.78. The summed E-state index contributed by atoms with van der Waals surface area (Å²) in [6.07, 6.45) is 0. The minimum atomic E-state index is -3.78. The largest absolute Gasteiger partial charge is 0.388 e. The second-order valence-corrected chi connectivity index (χ2v) is 7.55. The fourth-order valence-electron chi connectivity index (χ4n) is 2.27. The van der Waals surface area contributed by atoms with Gasteiger partial charge in [0, 0.05) is 10.6 Å².